The molecule has 9 heteroatoms. The molecule has 1 aromatic heterocycles. The van der Waals surface area contributed by atoms with Gasteiger partial charge in [-0.3, -0.25) is 9.78 Å². The van der Waals surface area contributed by atoms with Gasteiger partial charge in [-0.05, 0) is 52.2 Å². The van der Waals surface area contributed by atoms with E-state index in [2.05, 4.69) is 26.2 Å². The number of carbonyl (C=O) groups excluding carboxylic acids is 1. The first-order valence-electron chi connectivity index (χ1n) is 7.84. The van der Waals surface area contributed by atoms with E-state index in [0.717, 1.165) is 17.9 Å². The van der Waals surface area contributed by atoms with Gasteiger partial charge in [0.1, 0.15) is 5.82 Å². The summed E-state index contributed by atoms with van der Waals surface area (Å²) < 4.78 is 39.0. The molecule has 0 unspecified atom stereocenters. The summed E-state index contributed by atoms with van der Waals surface area (Å²) >= 11 is 3.21. The molecular formula is C17H19BrFN3O3S. The number of carbonyl (C=O) groups is 1. The van der Waals surface area contributed by atoms with E-state index in [1.165, 1.54) is 16.4 Å². The summed E-state index contributed by atoms with van der Waals surface area (Å²) in [4.78, 5) is 16.1. The molecule has 1 N–H and O–H groups in total. The number of nitrogens with zero attached hydrogens (tertiary/aromatic N) is 2. The topological polar surface area (TPSA) is 79.4 Å². The second kappa shape index (κ2) is 9.20. The van der Waals surface area contributed by atoms with Crippen LogP contribution in [-0.2, 0) is 16.6 Å². The largest absolute Gasteiger partial charge is 0.352 e. The van der Waals surface area contributed by atoms with E-state index in [1.54, 1.807) is 24.5 Å². The number of aromatic nitrogens is 1. The van der Waals surface area contributed by atoms with Crippen LogP contribution in [0, 0.1) is 5.82 Å². The molecule has 0 spiro atoms. The van der Waals surface area contributed by atoms with E-state index >= 15 is 0 Å². The van der Waals surface area contributed by atoms with Gasteiger partial charge in [0.25, 0.3) is 5.91 Å². The van der Waals surface area contributed by atoms with Gasteiger partial charge in [0.15, 0.2) is 0 Å². The third kappa shape index (κ3) is 6.15. The molecule has 0 aliphatic heterocycles. The Morgan fingerprint density at radius 2 is 2.12 bits per heavy atom. The highest BCUT2D eigenvalue weighted by Gasteiger charge is 2.17. The number of hydrogen-bond donors (Lipinski definition) is 1. The Hall–Kier alpha value is -1.84. The predicted molar refractivity (Wildman–Crippen MR) is 101 cm³/mol. The zero-order valence-corrected chi connectivity index (χ0v) is 16.6. The van der Waals surface area contributed by atoms with Gasteiger partial charge in [-0.25, -0.2) is 12.8 Å². The fourth-order valence-corrected chi connectivity index (χ4v) is 3.55. The molecule has 1 aromatic carbocycles. The van der Waals surface area contributed by atoms with E-state index < -0.39 is 21.7 Å². The monoisotopic (exact) mass is 443 g/mol. The molecule has 2 rings (SSSR count). The first-order valence-corrected chi connectivity index (χ1v) is 10.5. The van der Waals surface area contributed by atoms with Crippen molar-refractivity contribution < 1.29 is 17.6 Å². The maximum absolute atomic E-state index is 13.3. The van der Waals surface area contributed by atoms with Crippen molar-refractivity contribution >= 4 is 31.9 Å². The second-order valence-electron chi connectivity index (χ2n) is 5.69. The average molecular weight is 444 g/mol. The Morgan fingerprint density at radius 1 is 1.35 bits per heavy atom. The van der Waals surface area contributed by atoms with Crippen LogP contribution in [0.25, 0.3) is 0 Å². The van der Waals surface area contributed by atoms with Crippen molar-refractivity contribution in [2.24, 2.45) is 0 Å². The van der Waals surface area contributed by atoms with E-state index in [-0.39, 0.29) is 25.2 Å². The summed E-state index contributed by atoms with van der Waals surface area (Å²) in [6.07, 6.45) is 4.80. The molecule has 0 saturated heterocycles. The average Bonchev–Trinajstić information content (AvgIpc) is 2.59. The molecule has 0 aliphatic carbocycles. The quantitative estimate of drug-likeness (QED) is 0.635. The number of halogens is 2. The fraction of sp³-hybridized carbons (Fsp3) is 0.294. The summed E-state index contributed by atoms with van der Waals surface area (Å²) in [7, 11) is -3.39. The third-order valence-corrected chi connectivity index (χ3v) is 5.53. The number of benzene rings is 1. The highest BCUT2D eigenvalue weighted by atomic mass is 79.9. The summed E-state index contributed by atoms with van der Waals surface area (Å²) in [6, 6.07) is 7.40. The predicted octanol–water partition coefficient (Wildman–Crippen LogP) is 2.56. The van der Waals surface area contributed by atoms with Crippen LogP contribution in [0.3, 0.4) is 0 Å². The van der Waals surface area contributed by atoms with Gasteiger partial charge in [-0.2, -0.15) is 4.31 Å². The summed E-state index contributed by atoms with van der Waals surface area (Å²) in [5, 5.41) is 2.67. The van der Waals surface area contributed by atoms with Crippen molar-refractivity contribution in [3.05, 3.63) is 64.1 Å². The van der Waals surface area contributed by atoms with Crippen LogP contribution in [0.4, 0.5) is 4.39 Å². The number of hydrogen-bond acceptors (Lipinski definition) is 4. The van der Waals surface area contributed by atoms with Crippen molar-refractivity contribution in [1.29, 1.82) is 0 Å². The maximum Gasteiger partial charge on any atom is 0.252 e. The van der Waals surface area contributed by atoms with Crippen molar-refractivity contribution in [3.8, 4) is 0 Å². The van der Waals surface area contributed by atoms with E-state index in [9.17, 15) is 17.6 Å². The molecule has 6 nitrogen and oxygen atoms in total. The SMILES string of the molecule is CS(=O)(=O)N(CCCNC(=O)c1cc(F)ccc1Br)Cc1cccnc1. The molecule has 0 aliphatic rings. The Morgan fingerprint density at radius 3 is 2.77 bits per heavy atom. The van der Waals surface area contributed by atoms with Crippen LogP contribution >= 0.6 is 15.9 Å². The first-order chi connectivity index (χ1) is 12.3. The Labute approximate surface area is 160 Å². The second-order valence-corrected chi connectivity index (χ2v) is 8.53. The van der Waals surface area contributed by atoms with Crippen molar-refractivity contribution in [2.45, 2.75) is 13.0 Å². The van der Waals surface area contributed by atoms with Gasteiger partial charge in [0, 0.05) is 36.5 Å². The molecule has 0 atom stereocenters. The van der Waals surface area contributed by atoms with E-state index in [4.69, 9.17) is 0 Å². The van der Waals surface area contributed by atoms with Gasteiger partial charge in [0.05, 0.1) is 11.8 Å². The third-order valence-electron chi connectivity index (χ3n) is 3.59. The lowest BCUT2D eigenvalue weighted by Gasteiger charge is -2.20. The molecule has 0 fully saturated rings. The summed E-state index contributed by atoms with van der Waals surface area (Å²) in [5.74, 6) is -0.924. The summed E-state index contributed by atoms with van der Waals surface area (Å²) in [6.45, 7) is 0.731. The zero-order chi connectivity index (χ0) is 19.2. The van der Waals surface area contributed by atoms with E-state index in [1.807, 2.05) is 0 Å². The van der Waals surface area contributed by atoms with Crippen molar-refractivity contribution in [3.63, 3.8) is 0 Å². The Bertz CT molecular complexity index is 863. The smallest absolute Gasteiger partial charge is 0.252 e. The van der Waals surface area contributed by atoms with Gasteiger partial charge in [0.2, 0.25) is 10.0 Å². The molecule has 0 saturated carbocycles. The number of amides is 1. The maximum atomic E-state index is 13.3. The molecular weight excluding hydrogens is 425 g/mol. The fourth-order valence-electron chi connectivity index (χ4n) is 2.28. The van der Waals surface area contributed by atoms with Crippen LogP contribution in [0.15, 0.2) is 47.2 Å². The van der Waals surface area contributed by atoms with Crippen LogP contribution in [0.2, 0.25) is 0 Å². The standard InChI is InChI=1S/C17H19BrFN3O3S/c1-26(24,25)22(12-13-4-2-7-20-11-13)9-3-8-21-17(23)15-10-14(19)5-6-16(15)18/h2,4-7,10-11H,3,8-9,12H2,1H3,(H,21,23). The molecule has 1 heterocycles. The number of nitrogens with one attached hydrogen (secondary N) is 1. The molecule has 0 radical (unpaired) electrons. The molecule has 26 heavy (non-hydrogen) atoms. The molecule has 1 amide bonds. The Balaban J connectivity index is 1.89. The van der Waals surface area contributed by atoms with Crippen molar-refractivity contribution in [1.82, 2.24) is 14.6 Å². The van der Waals surface area contributed by atoms with Crippen LogP contribution in [0.1, 0.15) is 22.3 Å². The molecule has 2 aromatic rings. The first kappa shape index (κ1) is 20.5. The lowest BCUT2D eigenvalue weighted by molar-refractivity contribution is 0.0951. The van der Waals surface area contributed by atoms with Gasteiger partial charge >= 0.3 is 0 Å². The lowest BCUT2D eigenvalue weighted by Crippen LogP contribution is -2.33. The minimum Gasteiger partial charge on any atom is -0.352 e. The highest BCUT2D eigenvalue weighted by molar-refractivity contribution is 9.10. The minimum absolute atomic E-state index is 0.195. The summed E-state index contributed by atoms with van der Waals surface area (Å²) in [5.41, 5.74) is 0.978. The van der Waals surface area contributed by atoms with Gasteiger partial charge in [-0.15, -0.1) is 0 Å². The van der Waals surface area contributed by atoms with Crippen LogP contribution in [-0.4, -0.2) is 43.0 Å². The number of sulfonamides is 1. The van der Waals surface area contributed by atoms with Crippen LogP contribution < -0.4 is 5.32 Å². The normalized spacial score (nSPS) is 11.5. The minimum atomic E-state index is -3.39. The zero-order valence-electron chi connectivity index (χ0n) is 14.2. The van der Waals surface area contributed by atoms with Crippen LogP contribution in [0.5, 0.6) is 0 Å². The molecule has 140 valence electrons. The number of rotatable bonds is 8. The Kier molecular flexibility index (Phi) is 7.24. The van der Waals surface area contributed by atoms with E-state index in [0.29, 0.717) is 10.9 Å². The number of pyridine rings is 1. The molecule has 0 bridgehead atoms. The highest BCUT2D eigenvalue weighted by Crippen LogP contribution is 2.17. The van der Waals surface area contributed by atoms with Gasteiger partial charge < -0.3 is 5.32 Å². The van der Waals surface area contributed by atoms with Gasteiger partial charge in [-0.1, -0.05) is 6.07 Å². The lowest BCUT2D eigenvalue weighted by atomic mass is 10.2. The van der Waals surface area contributed by atoms with Crippen molar-refractivity contribution in [2.75, 3.05) is 19.3 Å².